The van der Waals surface area contributed by atoms with E-state index in [9.17, 15) is 4.79 Å². The van der Waals surface area contributed by atoms with Crippen molar-refractivity contribution in [3.05, 3.63) is 28.7 Å². The molecule has 41 heavy (non-hydrogen) atoms. The Morgan fingerprint density at radius 1 is 1.07 bits per heavy atom. The molecule has 0 aliphatic heterocycles. The van der Waals surface area contributed by atoms with Crippen LogP contribution in [0.2, 0.25) is 30.8 Å². The van der Waals surface area contributed by atoms with E-state index in [1.165, 1.54) is 64.2 Å². The van der Waals surface area contributed by atoms with E-state index in [0.29, 0.717) is 29.5 Å². The number of aromatic nitrogens is 3. The number of hydrogen-bond acceptors (Lipinski definition) is 5. The van der Waals surface area contributed by atoms with Crippen LogP contribution in [0.5, 0.6) is 0 Å². The maximum atomic E-state index is 13.5. The first-order valence-corrected chi connectivity index (χ1v) is 19.5. The molecule has 2 aliphatic carbocycles. The Bertz CT molecular complexity index is 1120. The number of hydrogen-bond donors (Lipinski definition) is 2. The first-order valence-electron chi connectivity index (χ1n) is 15.4. The summed E-state index contributed by atoms with van der Waals surface area (Å²) in [5, 5.41) is 8.04. The molecule has 1 atom stereocenters. The highest BCUT2D eigenvalue weighted by molar-refractivity contribution is 6.76. The van der Waals surface area contributed by atoms with E-state index in [-0.39, 0.29) is 24.2 Å². The van der Waals surface area contributed by atoms with Gasteiger partial charge in [0.15, 0.2) is 0 Å². The number of halogens is 2. The van der Waals surface area contributed by atoms with Crippen LogP contribution >= 0.6 is 24.0 Å². The Morgan fingerprint density at radius 3 is 2.20 bits per heavy atom. The van der Waals surface area contributed by atoms with Gasteiger partial charge in [0.2, 0.25) is 5.91 Å². The van der Waals surface area contributed by atoms with E-state index in [1.807, 2.05) is 30.7 Å². The van der Waals surface area contributed by atoms with Crippen LogP contribution in [0, 0.1) is 31.6 Å². The summed E-state index contributed by atoms with van der Waals surface area (Å²) in [7, 11) is -1.14. The largest absolute Gasteiger partial charge is 0.360 e. The van der Waals surface area contributed by atoms with Crippen LogP contribution in [0.3, 0.4) is 0 Å². The molecule has 2 heterocycles. The molecule has 0 saturated heterocycles. The van der Waals surface area contributed by atoms with Crippen molar-refractivity contribution in [3.8, 4) is 11.1 Å². The van der Waals surface area contributed by atoms with Crippen molar-refractivity contribution >= 4 is 43.8 Å². The van der Waals surface area contributed by atoms with Gasteiger partial charge in [-0.2, -0.15) is 5.10 Å². The summed E-state index contributed by atoms with van der Waals surface area (Å²) in [6.07, 6.45) is 12.4. The van der Waals surface area contributed by atoms with Gasteiger partial charge in [0.05, 0.1) is 11.7 Å². The van der Waals surface area contributed by atoms with Gasteiger partial charge in [-0.05, 0) is 49.8 Å². The minimum absolute atomic E-state index is 0. The molecule has 0 radical (unpaired) electrons. The maximum Gasteiger partial charge on any atom is 0.242 e. The average Bonchev–Trinajstić information content (AvgIpc) is 3.20. The molecule has 7 nitrogen and oxygen atoms in total. The van der Waals surface area contributed by atoms with Crippen molar-refractivity contribution in [3.63, 3.8) is 0 Å². The molecular weight excluding hydrogens is 573 g/mol. The monoisotopic (exact) mass is 623 g/mol. The molecule has 230 valence electrons. The first kappa shape index (κ1) is 34.0. The molecule has 2 fully saturated rings. The number of aryl methyl sites for hydroxylation is 1. The van der Waals surface area contributed by atoms with Gasteiger partial charge in [-0.3, -0.25) is 4.79 Å². The Labute approximate surface area is 259 Å². The fraction of sp³-hybridized carbons (Fsp3) is 0.710. The lowest BCUT2D eigenvalue weighted by atomic mass is 9.66. The third-order valence-corrected chi connectivity index (χ3v) is 11.1. The summed E-state index contributed by atoms with van der Waals surface area (Å²) in [5.41, 5.74) is 10.4. The highest BCUT2D eigenvalue weighted by Crippen LogP contribution is 2.41. The topological polar surface area (TPSA) is 95.1 Å². The van der Waals surface area contributed by atoms with Gasteiger partial charge >= 0.3 is 0 Å². The predicted molar refractivity (Wildman–Crippen MR) is 175 cm³/mol. The van der Waals surface area contributed by atoms with Crippen LogP contribution < -0.4 is 11.1 Å². The second kappa shape index (κ2) is 15.3. The standard InChI is InChI=1S/C31H50ClN5O2Si.ClH/c1-21-27(22(2)37(36-21)20-39-18-19-40(3,4)5)25-16-17-26(34-30(25)32)35-31(38)29(33)28(23-12-8-6-9-13-23)24-14-10-7-11-15-24;/h16-17,23-24,28-29H,6-15,18-20,33H2,1-5H3,(H,34,35,38);1H/t29-;/m0./s1. The molecular formula is C31H51Cl2N5O2Si. The number of amides is 1. The molecule has 1 amide bonds. The van der Waals surface area contributed by atoms with Gasteiger partial charge in [0, 0.05) is 31.5 Å². The quantitative estimate of drug-likeness (QED) is 0.150. The molecule has 10 heteroatoms. The van der Waals surface area contributed by atoms with E-state index < -0.39 is 14.1 Å². The van der Waals surface area contributed by atoms with Crippen LogP contribution in [-0.2, 0) is 16.3 Å². The number of anilines is 1. The van der Waals surface area contributed by atoms with Crippen molar-refractivity contribution in [2.75, 3.05) is 11.9 Å². The molecule has 3 N–H and O–H groups in total. The number of carbonyl (C=O) groups excluding carboxylic acids is 1. The number of rotatable bonds is 11. The van der Waals surface area contributed by atoms with E-state index in [4.69, 9.17) is 27.2 Å². The van der Waals surface area contributed by atoms with Crippen molar-refractivity contribution in [1.29, 1.82) is 0 Å². The third-order valence-electron chi connectivity index (χ3n) is 9.07. The number of pyridine rings is 1. The summed E-state index contributed by atoms with van der Waals surface area (Å²) in [6, 6.07) is 4.33. The third kappa shape index (κ3) is 9.02. The Hall–Kier alpha value is -1.45. The van der Waals surface area contributed by atoms with Gasteiger partial charge in [0.25, 0.3) is 0 Å². The van der Waals surface area contributed by atoms with Gasteiger partial charge in [0.1, 0.15) is 17.7 Å². The van der Waals surface area contributed by atoms with E-state index in [2.05, 4.69) is 29.9 Å². The molecule has 0 bridgehead atoms. The van der Waals surface area contributed by atoms with Crippen molar-refractivity contribution < 1.29 is 9.53 Å². The molecule has 0 aromatic carbocycles. The molecule has 2 aliphatic rings. The van der Waals surface area contributed by atoms with E-state index in [0.717, 1.165) is 35.2 Å². The zero-order valence-electron chi connectivity index (χ0n) is 25.7. The zero-order valence-corrected chi connectivity index (χ0v) is 28.3. The van der Waals surface area contributed by atoms with Crippen LogP contribution in [-0.4, -0.2) is 41.4 Å². The van der Waals surface area contributed by atoms with Crippen molar-refractivity contribution in [2.24, 2.45) is 23.5 Å². The number of carbonyl (C=O) groups is 1. The molecule has 2 saturated carbocycles. The van der Waals surface area contributed by atoms with Crippen LogP contribution in [0.4, 0.5) is 5.82 Å². The number of ether oxygens (including phenoxy) is 1. The van der Waals surface area contributed by atoms with Crippen LogP contribution in [0.15, 0.2) is 12.1 Å². The lowest BCUT2D eigenvalue weighted by molar-refractivity contribution is -0.120. The fourth-order valence-corrected chi connectivity index (χ4v) is 7.83. The fourth-order valence-electron chi connectivity index (χ4n) is 6.83. The molecule has 2 aromatic heterocycles. The number of nitrogens with one attached hydrogen (secondary N) is 1. The van der Waals surface area contributed by atoms with E-state index >= 15 is 0 Å². The molecule has 4 rings (SSSR count). The normalized spacial score (nSPS) is 17.9. The first-order chi connectivity index (χ1) is 19.0. The summed E-state index contributed by atoms with van der Waals surface area (Å²) in [5.74, 6) is 1.61. The van der Waals surface area contributed by atoms with Gasteiger partial charge in [-0.1, -0.05) is 95.5 Å². The summed E-state index contributed by atoms with van der Waals surface area (Å²) in [4.78, 5) is 18.0. The van der Waals surface area contributed by atoms with Gasteiger partial charge in [-0.15, -0.1) is 12.4 Å². The molecule has 0 spiro atoms. The Morgan fingerprint density at radius 2 is 1.66 bits per heavy atom. The number of nitrogens with zero attached hydrogens (tertiary/aromatic N) is 3. The molecule has 2 aromatic rings. The Balaban J connectivity index is 0.00000462. The van der Waals surface area contributed by atoms with Crippen LogP contribution in [0.1, 0.15) is 75.6 Å². The highest BCUT2D eigenvalue weighted by Gasteiger charge is 2.38. The predicted octanol–water partition coefficient (Wildman–Crippen LogP) is 7.99. The smallest absolute Gasteiger partial charge is 0.242 e. The SMILES string of the molecule is Cc1nn(COCC[Si](C)(C)C)c(C)c1-c1ccc(NC(=O)[C@@H](N)C(C2CCCCC2)C2CCCCC2)nc1Cl.Cl. The van der Waals surface area contributed by atoms with E-state index in [1.54, 1.807) is 0 Å². The summed E-state index contributed by atoms with van der Waals surface area (Å²) in [6.45, 7) is 12.2. The maximum absolute atomic E-state index is 13.5. The minimum Gasteiger partial charge on any atom is -0.360 e. The second-order valence-electron chi connectivity index (χ2n) is 13.3. The minimum atomic E-state index is -1.14. The number of nitrogens with two attached hydrogens (primary N) is 1. The lowest BCUT2D eigenvalue weighted by Gasteiger charge is -2.40. The average molecular weight is 625 g/mol. The van der Waals surface area contributed by atoms with Gasteiger partial charge in [-0.25, -0.2) is 9.67 Å². The lowest BCUT2D eigenvalue weighted by Crippen LogP contribution is -2.48. The highest BCUT2D eigenvalue weighted by atomic mass is 35.5. The Kier molecular flexibility index (Phi) is 12.7. The van der Waals surface area contributed by atoms with Gasteiger partial charge < -0.3 is 15.8 Å². The van der Waals surface area contributed by atoms with Crippen LogP contribution in [0.25, 0.3) is 11.1 Å². The summed E-state index contributed by atoms with van der Waals surface area (Å²) < 4.78 is 7.82. The van der Waals surface area contributed by atoms with Crippen molar-refractivity contribution in [1.82, 2.24) is 14.8 Å². The zero-order chi connectivity index (χ0) is 28.9. The second-order valence-corrected chi connectivity index (χ2v) is 19.3. The summed E-state index contributed by atoms with van der Waals surface area (Å²) >= 11 is 6.71. The molecule has 0 unspecified atom stereocenters. The van der Waals surface area contributed by atoms with Crippen molar-refractivity contribution in [2.45, 2.75) is 117 Å².